The largest absolute Gasteiger partial charge is 0.317 e. The first-order chi connectivity index (χ1) is 8.22. The number of likely N-dealkylation sites (tertiary alicyclic amines) is 1. The normalized spacial score (nSPS) is 39.7. The maximum Gasteiger partial charge on any atom is 0.0105 e. The van der Waals surface area contributed by atoms with Crippen LogP contribution in [0.5, 0.6) is 0 Å². The topological polar surface area (TPSA) is 15.3 Å². The molecule has 1 saturated carbocycles. The number of nitrogens with one attached hydrogen (secondary N) is 1. The molecule has 2 aliphatic rings. The standard InChI is InChI=1S/C15H30N2/c1-4-13-5-6-15(16-3)14(9-13)11-17-8-7-12(2)10-17/h12-16H,4-11H2,1-3H3. The predicted molar refractivity (Wildman–Crippen MR) is 74.2 cm³/mol. The minimum Gasteiger partial charge on any atom is -0.317 e. The molecule has 2 fully saturated rings. The van der Waals surface area contributed by atoms with Gasteiger partial charge in [-0.25, -0.2) is 0 Å². The summed E-state index contributed by atoms with van der Waals surface area (Å²) in [5.74, 6) is 2.81. The van der Waals surface area contributed by atoms with Crippen LogP contribution < -0.4 is 5.32 Å². The van der Waals surface area contributed by atoms with E-state index in [-0.39, 0.29) is 0 Å². The van der Waals surface area contributed by atoms with E-state index in [9.17, 15) is 0 Å². The van der Waals surface area contributed by atoms with Crippen molar-refractivity contribution in [1.82, 2.24) is 10.2 Å². The molecule has 4 atom stereocenters. The summed E-state index contributed by atoms with van der Waals surface area (Å²) in [6, 6.07) is 0.772. The minimum atomic E-state index is 0.772. The van der Waals surface area contributed by atoms with E-state index in [1.807, 2.05) is 0 Å². The van der Waals surface area contributed by atoms with Crippen LogP contribution in [0, 0.1) is 17.8 Å². The van der Waals surface area contributed by atoms with Crippen LogP contribution in [-0.4, -0.2) is 37.6 Å². The lowest BCUT2D eigenvalue weighted by Crippen LogP contribution is -2.44. The van der Waals surface area contributed by atoms with Crippen LogP contribution in [0.2, 0.25) is 0 Å². The lowest BCUT2D eigenvalue weighted by molar-refractivity contribution is 0.154. The summed E-state index contributed by atoms with van der Waals surface area (Å²) in [7, 11) is 2.15. The number of hydrogen-bond donors (Lipinski definition) is 1. The first-order valence-electron chi connectivity index (χ1n) is 7.62. The fourth-order valence-corrected chi connectivity index (χ4v) is 3.84. The number of rotatable bonds is 4. The van der Waals surface area contributed by atoms with Crippen LogP contribution in [0.25, 0.3) is 0 Å². The van der Waals surface area contributed by atoms with Crippen molar-refractivity contribution in [3.05, 3.63) is 0 Å². The van der Waals surface area contributed by atoms with Crippen LogP contribution in [0.15, 0.2) is 0 Å². The fourth-order valence-electron chi connectivity index (χ4n) is 3.84. The second-order valence-electron chi connectivity index (χ2n) is 6.40. The lowest BCUT2D eigenvalue weighted by atomic mass is 9.76. The average molecular weight is 238 g/mol. The van der Waals surface area contributed by atoms with Crippen molar-refractivity contribution in [2.45, 2.75) is 52.0 Å². The molecule has 0 aromatic carbocycles. The molecule has 4 unspecified atom stereocenters. The van der Waals surface area contributed by atoms with E-state index in [0.717, 1.165) is 23.8 Å². The van der Waals surface area contributed by atoms with Crippen molar-refractivity contribution in [1.29, 1.82) is 0 Å². The molecule has 2 nitrogen and oxygen atoms in total. The van der Waals surface area contributed by atoms with Gasteiger partial charge >= 0.3 is 0 Å². The molecule has 2 heteroatoms. The van der Waals surface area contributed by atoms with Crippen LogP contribution in [0.4, 0.5) is 0 Å². The van der Waals surface area contributed by atoms with Gasteiger partial charge in [0.1, 0.15) is 0 Å². The third-order valence-corrected chi connectivity index (χ3v) is 5.04. The second kappa shape index (κ2) is 6.19. The van der Waals surface area contributed by atoms with Gasteiger partial charge in [0.25, 0.3) is 0 Å². The summed E-state index contributed by atoms with van der Waals surface area (Å²) < 4.78 is 0. The molecule has 1 N–H and O–H groups in total. The monoisotopic (exact) mass is 238 g/mol. The number of nitrogens with zero attached hydrogens (tertiary/aromatic N) is 1. The molecule has 100 valence electrons. The minimum absolute atomic E-state index is 0.772. The highest BCUT2D eigenvalue weighted by Crippen LogP contribution is 2.32. The summed E-state index contributed by atoms with van der Waals surface area (Å²) >= 11 is 0. The van der Waals surface area contributed by atoms with Gasteiger partial charge in [-0.3, -0.25) is 0 Å². The Morgan fingerprint density at radius 1 is 1.24 bits per heavy atom. The summed E-state index contributed by atoms with van der Waals surface area (Å²) in [6.07, 6.45) is 7.07. The van der Waals surface area contributed by atoms with Gasteiger partial charge in [-0.2, -0.15) is 0 Å². The molecule has 0 spiro atoms. The molecule has 1 saturated heterocycles. The zero-order valence-electron chi connectivity index (χ0n) is 11.9. The van der Waals surface area contributed by atoms with E-state index in [0.29, 0.717) is 0 Å². The van der Waals surface area contributed by atoms with E-state index in [4.69, 9.17) is 0 Å². The Kier molecular flexibility index (Phi) is 4.87. The van der Waals surface area contributed by atoms with Crippen molar-refractivity contribution in [3.8, 4) is 0 Å². The molecule has 1 heterocycles. The van der Waals surface area contributed by atoms with E-state index >= 15 is 0 Å². The van der Waals surface area contributed by atoms with Crippen molar-refractivity contribution in [2.75, 3.05) is 26.7 Å². The second-order valence-corrected chi connectivity index (χ2v) is 6.40. The van der Waals surface area contributed by atoms with Gasteiger partial charge in [0.05, 0.1) is 0 Å². The highest BCUT2D eigenvalue weighted by molar-refractivity contribution is 4.87. The molecule has 0 aromatic heterocycles. The van der Waals surface area contributed by atoms with Crippen molar-refractivity contribution >= 4 is 0 Å². The summed E-state index contributed by atoms with van der Waals surface area (Å²) in [5.41, 5.74) is 0. The molecule has 0 radical (unpaired) electrons. The Labute approximate surface area is 107 Å². The summed E-state index contributed by atoms with van der Waals surface area (Å²) in [4.78, 5) is 2.71. The predicted octanol–water partition coefficient (Wildman–Crippen LogP) is 2.74. The Hall–Kier alpha value is -0.0800. The molecule has 17 heavy (non-hydrogen) atoms. The van der Waals surface area contributed by atoms with Crippen molar-refractivity contribution in [2.24, 2.45) is 17.8 Å². The lowest BCUT2D eigenvalue weighted by Gasteiger charge is -2.38. The van der Waals surface area contributed by atoms with Gasteiger partial charge in [-0.15, -0.1) is 0 Å². The Bertz CT molecular complexity index is 229. The third-order valence-electron chi connectivity index (χ3n) is 5.04. The number of hydrogen-bond acceptors (Lipinski definition) is 2. The van der Waals surface area contributed by atoms with E-state index in [1.165, 1.54) is 51.7 Å². The van der Waals surface area contributed by atoms with Gasteiger partial charge in [0, 0.05) is 19.1 Å². The Morgan fingerprint density at radius 2 is 2.06 bits per heavy atom. The van der Waals surface area contributed by atoms with Crippen LogP contribution in [0.1, 0.15) is 46.0 Å². The zero-order chi connectivity index (χ0) is 12.3. The maximum atomic E-state index is 3.56. The maximum absolute atomic E-state index is 3.56. The summed E-state index contributed by atoms with van der Waals surface area (Å²) in [6.45, 7) is 8.77. The van der Waals surface area contributed by atoms with Gasteiger partial charge in [-0.1, -0.05) is 20.3 Å². The first kappa shape index (κ1) is 13.4. The molecule has 1 aliphatic carbocycles. The van der Waals surface area contributed by atoms with Crippen molar-refractivity contribution in [3.63, 3.8) is 0 Å². The molecular weight excluding hydrogens is 208 g/mol. The highest BCUT2D eigenvalue weighted by Gasteiger charge is 2.31. The Balaban J connectivity index is 1.86. The Morgan fingerprint density at radius 3 is 2.65 bits per heavy atom. The molecule has 2 rings (SSSR count). The van der Waals surface area contributed by atoms with Crippen LogP contribution in [-0.2, 0) is 0 Å². The average Bonchev–Trinajstić information content (AvgIpc) is 2.74. The van der Waals surface area contributed by atoms with E-state index in [1.54, 1.807) is 0 Å². The highest BCUT2D eigenvalue weighted by atomic mass is 15.1. The molecule has 0 bridgehead atoms. The smallest absolute Gasteiger partial charge is 0.0105 e. The van der Waals surface area contributed by atoms with Gasteiger partial charge in [0.2, 0.25) is 0 Å². The van der Waals surface area contributed by atoms with E-state index < -0.39 is 0 Å². The fraction of sp³-hybridized carbons (Fsp3) is 1.00. The van der Waals surface area contributed by atoms with Gasteiger partial charge in [-0.05, 0) is 57.0 Å². The third kappa shape index (κ3) is 3.45. The van der Waals surface area contributed by atoms with Gasteiger partial charge < -0.3 is 10.2 Å². The summed E-state index contributed by atoms with van der Waals surface area (Å²) in [5, 5.41) is 3.56. The zero-order valence-corrected chi connectivity index (χ0v) is 11.9. The molecule has 1 aliphatic heterocycles. The van der Waals surface area contributed by atoms with E-state index in [2.05, 4.69) is 31.1 Å². The van der Waals surface area contributed by atoms with Crippen LogP contribution >= 0.6 is 0 Å². The SMILES string of the molecule is CCC1CCC(NC)C(CN2CCC(C)C2)C1. The van der Waals surface area contributed by atoms with Gasteiger partial charge in [0.15, 0.2) is 0 Å². The first-order valence-corrected chi connectivity index (χ1v) is 7.62. The van der Waals surface area contributed by atoms with Crippen LogP contribution in [0.3, 0.4) is 0 Å². The molecular formula is C15H30N2. The molecule has 0 aromatic rings. The van der Waals surface area contributed by atoms with Crippen molar-refractivity contribution < 1.29 is 0 Å². The quantitative estimate of drug-likeness (QED) is 0.810. The molecule has 0 amide bonds.